The second-order valence-corrected chi connectivity index (χ2v) is 9.60. The third kappa shape index (κ3) is 4.37. The Morgan fingerprint density at radius 1 is 1.34 bits per heavy atom. The molecule has 0 saturated carbocycles. The van der Waals surface area contributed by atoms with Crippen LogP contribution in [0.5, 0.6) is 0 Å². The third-order valence-electron chi connectivity index (χ3n) is 4.78. The fraction of sp³-hybridized carbons (Fsp3) is 0.316. The zero-order chi connectivity index (χ0) is 20.4. The van der Waals surface area contributed by atoms with E-state index in [1.54, 1.807) is 28.9 Å². The number of thioether (sulfide) groups is 1. The molecule has 1 aliphatic rings. The highest BCUT2D eigenvalue weighted by Crippen LogP contribution is 2.31. The molecule has 1 aromatic carbocycles. The molecular weight excluding hydrogens is 446 g/mol. The monoisotopic (exact) mass is 465 g/mol. The number of H-pyrrole nitrogens is 1. The van der Waals surface area contributed by atoms with Gasteiger partial charge in [-0.1, -0.05) is 17.7 Å². The number of nitrogens with one attached hydrogen (secondary N) is 2. The molecule has 29 heavy (non-hydrogen) atoms. The van der Waals surface area contributed by atoms with E-state index >= 15 is 0 Å². The van der Waals surface area contributed by atoms with Crippen LogP contribution < -0.4 is 10.2 Å². The summed E-state index contributed by atoms with van der Waals surface area (Å²) in [7, 11) is 0. The van der Waals surface area contributed by atoms with E-state index in [0.717, 1.165) is 35.2 Å². The topological polar surface area (TPSA) is 66.0 Å². The second kappa shape index (κ2) is 8.91. The fourth-order valence-corrected chi connectivity index (χ4v) is 5.46. The van der Waals surface area contributed by atoms with Gasteiger partial charge in [0, 0.05) is 30.3 Å². The zero-order valence-corrected chi connectivity index (χ0v) is 18.9. The van der Waals surface area contributed by atoms with Gasteiger partial charge in [-0.2, -0.15) is 16.9 Å². The van der Waals surface area contributed by atoms with Gasteiger partial charge in [-0.3, -0.25) is 14.5 Å². The molecule has 3 heterocycles. The van der Waals surface area contributed by atoms with Crippen LogP contribution in [0, 0.1) is 4.77 Å². The third-order valence-corrected chi connectivity index (χ3v) is 7.18. The van der Waals surface area contributed by atoms with Gasteiger partial charge < -0.3 is 10.2 Å². The largest absolute Gasteiger partial charge is 0.369 e. The number of halogens is 1. The molecule has 2 N–H and O–H groups in total. The van der Waals surface area contributed by atoms with Crippen LogP contribution in [0.1, 0.15) is 13.0 Å². The summed E-state index contributed by atoms with van der Waals surface area (Å²) < 4.78 is 2.14. The number of carbonyl (C=O) groups excluding carboxylic acids is 1. The molecule has 2 aromatic heterocycles. The summed E-state index contributed by atoms with van der Waals surface area (Å²) in [6.45, 7) is 3.77. The van der Waals surface area contributed by atoms with E-state index in [0.29, 0.717) is 21.3 Å². The Labute approximate surface area is 187 Å². The van der Waals surface area contributed by atoms with Crippen molar-refractivity contribution in [2.24, 2.45) is 0 Å². The Morgan fingerprint density at radius 2 is 2.14 bits per heavy atom. The predicted molar refractivity (Wildman–Crippen MR) is 125 cm³/mol. The van der Waals surface area contributed by atoms with Crippen LogP contribution in [-0.2, 0) is 4.79 Å². The molecule has 6 nitrogen and oxygen atoms in total. The van der Waals surface area contributed by atoms with E-state index in [1.807, 2.05) is 41.4 Å². The van der Waals surface area contributed by atoms with Crippen LogP contribution in [0.4, 0.5) is 11.4 Å². The molecule has 1 amide bonds. The smallest absolute Gasteiger partial charge is 0.247 e. The summed E-state index contributed by atoms with van der Waals surface area (Å²) in [5, 5.41) is 12.6. The van der Waals surface area contributed by atoms with Crippen molar-refractivity contribution in [1.29, 1.82) is 0 Å². The molecule has 1 saturated heterocycles. The molecule has 0 spiro atoms. The Kier molecular flexibility index (Phi) is 6.29. The minimum Gasteiger partial charge on any atom is -0.369 e. The van der Waals surface area contributed by atoms with Crippen molar-refractivity contribution in [2.45, 2.75) is 13.0 Å². The Hall–Kier alpha value is -1.81. The lowest BCUT2D eigenvalue weighted by Gasteiger charge is -2.29. The summed E-state index contributed by atoms with van der Waals surface area (Å²) in [5.74, 6) is 2.68. The first-order valence-corrected chi connectivity index (χ1v) is 12.0. The van der Waals surface area contributed by atoms with Gasteiger partial charge in [-0.15, -0.1) is 11.3 Å². The molecule has 0 bridgehead atoms. The molecule has 1 fully saturated rings. The number of carbonyl (C=O) groups is 1. The van der Waals surface area contributed by atoms with E-state index in [2.05, 4.69) is 20.4 Å². The summed E-state index contributed by atoms with van der Waals surface area (Å²) in [6.07, 6.45) is 0. The number of hydrogen-bond donors (Lipinski definition) is 2. The highest BCUT2D eigenvalue weighted by Gasteiger charge is 2.22. The molecule has 1 unspecified atom stereocenters. The number of hydrogen-bond acceptors (Lipinski definition) is 6. The van der Waals surface area contributed by atoms with E-state index in [-0.39, 0.29) is 5.91 Å². The first-order valence-electron chi connectivity index (χ1n) is 9.18. The number of anilines is 2. The van der Waals surface area contributed by atoms with Gasteiger partial charge in [0.1, 0.15) is 6.04 Å². The Balaban J connectivity index is 1.52. The van der Waals surface area contributed by atoms with Gasteiger partial charge in [-0.05, 0) is 48.8 Å². The zero-order valence-electron chi connectivity index (χ0n) is 15.7. The van der Waals surface area contributed by atoms with Crippen molar-refractivity contribution in [1.82, 2.24) is 14.8 Å². The normalized spacial score (nSPS) is 15.3. The van der Waals surface area contributed by atoms with Gasteiger partial charge in [0.05, 0.1) is 15.6 Å². The highest BCUT2D eigenvalue weighted by molar-refractivity contribution is 7.99. The number of amides is 1. The minimum atomic E-state index is -0.532. The molecular formula is C19H20ClN5OS3. The summed E-state index contributed by atoms with van der Waals surface area (Å²) in [5.41, 5.74) is 1.67. The van der Waals surface area contributed by atoms with Crippen molar-refractivity contribution < 1.29 is 4.79 Å². The Morgan fingerprint density at radius 3 is 2.83 bits per heavy atom. The van der Waals surface area contributed by atoms with Crippen LogP contribution in [0.3, 0.4) is 0 Å². The first kappa shape index (κ1) is 20.5. The van der Waals surface area contributed by atoms with Crippen molar-refractivity contribution in [3.05, 3.63) is 45.5 Å². The van der Waals surface area contributed by atoms with Gasteiger partial charge in [-0.25, -0.2) is 0 Å². The predicted octanol–water partition coefficient (Wildman–Crippen LogP) is 5.08. The maximum Gasteiger partial charge on any atom is 0.247 e. The number of thiophene rings is 1. The molecule has 3 aromatic rings. The van der Waals surface area contributed by atoms with Crippen LogP contribution in [0.15, 0.2) is 35.7 Å². The SMILES string of the molecule is CC(C(=O)Nc1ccc(N2CCSCC2)c(Cl)c1)n1c(-c2cccs2)n[nH]c1=S. The van der Waals surface area contributed by atoms with Gasteiger partial charge in [0.25, 0.3) is 0 Å². The molecule has 1 aliphatic heterocycles. The van der Waals surface area contributed by atoms with Crippen LogP contribution >= 0.6 is 46.9 Å². The quantitative estimate of drug-likeness (QED) is 0.514. The lowest BCUT2D eigenvalue weighted by Crippen LogP contribution is -2.32. The molecule has 10 heteroatoms. The second-order valence-electron chi connectivity index (χ2n) is 6.63. The summed E-state index contributed by atoms with van der Waals surface area (Å²) in [4.78, 5) is 16.1. The lowest BCUT2D eigenvalue weighted by atomic mass is 10.2. The average molecular weight is 466 g/mol. The van der Waals surface area contributed by atoms with Crippen LogP contribution in [0.25, 0.3) is 10.7 Å². The molecule has 1 atom stereocenters. The van der Waals surface area contributed by atoms with E-state index in [4.69, 9.17) is 23.8 Å². The maximum absolute atomic E-state index is 12.9. The number of rotatable bonds is 5. The van der Waals surface area contributed by atoms with Crippen LogP contribution in [0.2, 0.25) is 5.02 Å². The van der Waals surface area contributed by atoms with Gasteiger partial charge in [0.2, 0.25) is 5.91 Å². The molecule has 0 radical (unpaired) electrons. The van der Waals surface area contributed by atoms with Crippen molar-refractivity contribution in [3.8, 4) is 10.7 Å². The maximum atomic E-state index is 12.9. The number of nitrogens with zero attached hydrogens (tertiary/aromatic N) is 3. The minimum absolute atomic E-state index is 0.182. The summed E-state index contributed by atoms with van der Waals surface area (Å²) in [6, 6.07) is 9.03. The average Bonchev–Trinajstić information content (AvgIpc) is 3.37. The summed E-state index contributed by atoms with van der Waals surface area (Å²) >= 11 is 15.4. The van der Waals surface area contributed by atoms with Crippen molar-refractivity contribution in [3.63, 3.8) is 0 Å². The lowest BCUT2D eigenvalue weighted by molar-refractivity contribution is -0.118. The van der Waals surface area contributed by atoms with Crippen molar-refractivity contribution >= 4 is 64.2 Å². The number of aromatic amines is 1. The number of aromatic nitrogens is 3. The van der Waals surface area contributed by atoms with Crippen LogP contribution in [-0.4, -0.2) is 45.3 Å². The molecule has 152 valence electrons. The van der Waals surface area contributed by atoms with Gasteiger partial charge >= 0.3 is 0 Å². The first-order chi connectivity index (χ1) is 14.0. The van der Waals surface area contributed by atoms with E-state index < -0.39 is 6.04 Å². The van der Waals surface area contributed by atoms with E-state index in [1.165, 1.54) is 0 Å². The molecule has 4 rings (SSSR count). The fourth-order valence-electron chi connectivity index (χ4n) is 3.25. The Bertz CT molecular complexity index is 1060. The highest BCUT2D eigenvalue weighted by atomic mass is 35.5. The van der Waals surface area contributed by atoms with Crippen molar-refractivity contribution in [2.75, 3.05) is 34.8 Å². The molecule has 0 aliphatic carbocycles. The van der Waals surface area contributed by atoms with Gasteiger partial charge in [0.15, 0.2) is 10.6 Å². The standard InChI is InChI=1S/C19H20ClN5OS3/c1-12(25-17(22-23-19(25)27)16-3-2-8-29-16)18(26)21-13-4-5-15(14(20)11-13)24-6-9-28-10-7-24/h2-5,8,11-12H,6-7,9-10H2,1H3,(H,21,26)(H,23,27). The number of benzene rings is 1. The van der Waals surface area contributed by atoms with E-state index in [9.17, 15) is 4.79 Å².